The monoisotopic (exact) mass is 339 g/mol. The van der Waals surface area contributed by atoms with Gasteiger partial charge in [0.15, 0.2) is 12.4 Å². The standard InChI is InChI=1S/C20H21NO4/c1-3-14(2)21-18(22)13-25-20(24)17-11-9-16(10-12-17)19(23)15-7-5-4-6-8-15/h4-12,14H,3,13H2,1-2H3,(H,21,22)/t14-/m0/s1. The number of benzene rings is 2. The normalized spacial score (nSPS) is 11.4. The van der Waals surface area contributed by atoms with Crippen molar-refractivity contribution in [3.63, 3.8) is 0 Å². The molecule has 0 radical (unpaired) electrons. The van der Waals surface area contributed by atoms with Gasteiger partial charge >= 0.3 is 5.97 Å². The van der Waals surface area contributed by atoms with Gasteiger partial charge in [0.1, 0.15) is 0 Å². The number of amides is 1. The quantitative estimate of drug-likeness (QED) is 0.622. The maximum absolute atomic E-state index is 12.3. The zero-order valence-electron chi connectivity index (χ0n) is 14.3. The molecule has 0 aromatic heterocycles. The van der Waals surface area contributed by atoms with Crippen molar-refractivity contribution in [3.8, 4) is 0 Å². The predicted molar refractivity (Wildman–Crippen MR) is 94.5 cm³/mol. The van der Waals surface area contributed by atoms with Gasteiger partial charge in [0.25, 0.3) is 5.91 Å². The molecule has 1 N–H and O–H groups in total. The van der Waals surface area contributed by atoms with E-state index in [0.717, 1.165) is 6.42 Å². The molecule has 1 atom stereocenters. The number of carbonyl (C=O) groups excluding carboxylic acids is 3. The topological polar surface area (TPSA) is 72.5 Å². The highest BCUT2D eigenvalue weighted by atomic mass is 16.5. The van der Waals surface area contributed by atoms with E-state index < -0.39 is 5.97 Å². The highest BCUT2D eigenvalue weighted by Gasteiger charge is 2.13. The van der Waals surface area contributed by atoms with Gasteiger partial charge in [0.2, 0.25) is 0 Å². The Balaban J connectivity index is 1.94. The van der Waals surface area contributed by atoms with Crippen molar-refractivity contribution in [2.45, 2.75) is 26.3 Å². The van der Waals surface area contributed by atoms with E-state index in [0.29, 0.717) is 16.7 Å². The van der Waals surface area contributed by atoms with Gasteiger partial charge in [-0.25, -0.2) is 4.79 Å². The Hall–Kier alpha value is -2.95. The molecule has 0 unspecified atom stereocenters. The highest BCUT2D eigenvalue weighted by molar-refractivity contribution is 6.09. The Morgan fingerprint density at radius 3 is 2.08 bits per heavy atom. The van der Waals surface area contributed by atoms with Crippen LogP contribution in [0.25, 0.3) is 0 Å². The van der Waals surface area contributed by atoms with E-state index >= 15 is 0 Å². The second-order valence-corrected chi connectivity index (χ2v) is 5.73. The van der Waals surface area contributed by atoms with Crippen LogP contribution in [0.1, 0.15) is 46.5 Å². The van der Waals surface area contributed by atoms with Crippen LogP contribution in [0.3, 0.4) is 0 Å². The lowest BCUT2D eigenvalue weighted by Gasteiger charge is -2.11. The summed E-state index contributed by atoms with van der Waals surface area (Å²) >= 11 is 0. The number of ketones is 1. The van der Waals surface area contributed by atoms with Crippen molar-refractivity contribution in [1.82, 2.24) is 5.32 Å². The summed E-state index contributed by atoms with van der Waals surface area (Å²) in [5, 5.41) is 2.72. The van der Waals surface area contributed by atoms with Gasteiger partial charge in [-0.15, -0.1) is 0 Å². The Morgan fingerprint density at radius 2 is 1.48 bits per heavy atom. The molecule has 0 saturated heterocycles. The van der Waals surface area contributed by atoms with Crippen LogP contribution in [-0.2, 0) is 9.53 Å². The van der Waals surface area contributed by atoms with Crippen molar-refractivity contribution >= 4 is 17.7 Å². The first-order chi connectivity index (χ1) is 12.0. The van der Waals surface area contributed by atoms with Gasteiger partial charge in [-0.05, 0) is 25.5 Å². The summed E-state index contributed by atoms with van der Waals surface area (Å²) in [6.07, 6.45) is 0.802. The lowest BCUT2D eigenvalue weighted by Crippen LogP contribution is -2.35. The minimum absolute atomic E-state index is 0.0366. The van der Waals surface area contributed by atoms with Crippen molar-refractivity contribution in [1.29, 1.82) is 0 Å². The third kappa shape index (κ3) is 5.28. The van der Waals surface area contributed by atoms with Gasteiger partial charge in [-0.2, -0.15) is 0 Å². The molecule has 0 aliphatic rings. The molecule has 0 bridgehead atoms. The molecule has 0 aliphatic heterocycles. The van der Waals surface area contributed by atoms with Crippen molar-refractivity contribution in [2.75, 3.05) is 6.61 Å². The van der Waals surface area contributed by atoms with Crippen molar-refractivity contribution in [3.05, 3.63) is 71.3 Å². The van der Waals surface area contributed by atoms with E-state index in [9.17, 15) is 14.4 Å². The Kier molecular flexibility index (Phi) is 6.46. The maximum atomic E-state index is 12.3. The van der Waals surface area contributed by atoms with E-state index in [1.54, 1.807) is 36.4 Å². The summed E-state index contributed by atoms with van der Waals surface area (Å²) < 4.78 is 4.98. The Labute approximate surface area is 147 Å². The lowest BCUT2D eigenvalue weighted by atomic mass is 10.0. The average Bonchev–Trinajstić information content (AvgIpc) is 2.66. The van der Waals surface area contributed by atoms with Crippen molar-refractivity contribution in [2.24, 2.45) is 0 Å². The number of rotatable bonds is 7. The summed E-state index contributed by atoms with van der Waals surface area (Å²) in [7, 11) is 0. The third-order valence-electron chi connectivity index (χ3n) is 3.77. The van der Waals surface area contributed by atoms with Crippen LogP contribution in [0.4, 0.5) is 0 Å². The number of hydrogen-bond acceptors (Lipinski definition) is 4. The molecule has 130 valence electrons. The number of esters is 1. The van der Waals surface area contributed by atoms with Crippen LogP contribution in [0.2, 0.25) is 0 Å². The van der Waals surface area contributed by atoms with Crippen LogP contribution < -0.4 is 5.32 Å². The summed E-state index contributed by atoms with van der Waals surface area (Å²) in [5.74, 6) is -1.05. The van der Waals surface area contributed by atoms with Gasteiger partial charge in [0, 0.05) is 17.2 Å². The van der Waals surface area contributed by atoms with E-state index in [1.165, 1.54) is 12.1 Å². The first-order valence-electron chi connectivity index (χ1n) is 8.17. The number of ether oxygens (including phenoxy) is 1. The fraction of sp³-hybridized carbons (Fsp3) is 0.250. The summed E-state index contributed by atoms with van der Waals surface area (Å²) in [6.45, 7) is 3.51. The maximum Gasteiger partial charge on any atom is 0.338 e. The van der Waals surface area contributed by atoms with Gasteiger partial charge in [0.05, 0.1) is 5.56 Å². The fourth-order valence-corrected chi connectivity index (χ4v) is 2.15. The van der Waals surface area contributed by atoms with Gasteiger partial charge in [-0.3, -0.25) is 9.59 Å². The first kappa shape index (κ1) is 18.4. The van der Waals surface area contributed by atoms with Crippen LogP contribution in [0.15, 0.2) is 54.6 Å². The molecule has 0 fully saturated rings. The molecule has 0 heterocycles. The summed E-state index contributed by atoms with van der Waals surface area (Å²) in [5.41, 5.74) is 1.36. The molecule has 2 aromatic rings. The summed E-state index contributed by atoms with van der Waals surface area (Å²) in [4.78, 5) is 35.9. The highest BCUT2D eigenvalue weighted by Crippen LogP contribution is 2.11. The van der Waals surface area contributed by atoms with E-state index in [1.807, 2.05) is 19.9 Å². The molecule has 5 heteroatoms. The molecule has 2 aromatic carbocycles. The van der Waals surface area contributed by atoms with Crippen LogP contribution in [0.5, 0.6) is 0 Å². The SMILES string of the molecule is CC[C@H](C)NC(=O)COC(=O)c1ccc(C(=O)c2ccccc2)cc1. The Morgan fingerprint density at radius 1 is 0.920 bits per heavy atom. The second kappa shape index (κ2) is 8.78. The zero-order valence-corrected chi connectivity index (χ0v) is 14.3. The molecule has 25 heavy (non-hydrogen) atoms. The number of hydrogen-bond donors (Lipinski definition) is 1. The smallest absolute Gasteiger partial charge is 0.338 e. The third-order valence-corrected chi connectivity index (χ3v) is 3.77. The number of nitrogens with one attached hydrogen (secondary N) is 1. The lowest BCUT2D eigenvalue weighted by molar-refractivity contribution is -0.124. The van der Waals surface area contributed by atoms with Crippen LogP contribution in [0, 0.1) is 0 Å². The first-order valence-corrected chi connectivity index (χ1v) is 8.17. The van der Waals surface area contributed by atoms with Crippen molar-refractivity contribution < 1.29 is 19.1 Å². The predicted octanol–water partition coefficient (Wildman–Crippen LogP) is 2.99. The minimum Gasteiger partial charge on any atom is -0.452 e. The minimum atomic E-state index is -0.599. The average molecular weight is 339 g/mol. The largest absolute Gasteiger partial charge is 0.452 e. The van der Waals surface area contributed by atoms with Gasteiger partial charge < -0.3 is 10.1 Å². The molecular formula is C20H21NO4. The fourth-order valence-electron chi connectivity index (χ4n) is 2.15. The van der Waals surface area contributed by atoms with E-state index in [-0.39, 0.29) is 24.3 Å². The molecule has 0 saturated carbocycles. The van der Waals surface area contributed by atoms with E-state index in [4.69, 9.17) is 4.74 Å². The summed E-state index contributed by atoms with van der Waals surface area (Å²) in [6, 6.07) is 15.1. The second-order valence-electron chi connectivity index (χ2n) is 5.73. The molecule has 0 spiro atoms. The van der Waals surface area contributed by atoms with Gasteiger partial charge in [-0.1, -0.05) is 49.4 Å². The molecule has 2 rings (SSSR count). The molecule has 1 amide bonds. The van der Waals surface area contributed by atoms with Crippen LogP contribution >= 0.6 is 0 Å². The molecule has 0 aliphatic carbocycles. The molecular weight excluding hydrogens is 318 g/mol. The molecule has 5 nitrogen and oxygen atoms in total. The number of carbonyl (C=O) groups is 3. The zero-order chi connectivity index (χ0) is 18.2. The van der Waals surface area contributed by atoms with Crippen LogP contribution in [-0.4, -0.2) is 30.3 Å². The Bertz CT molecular complexity index is 738. The van der Waals surface area contributed by atoms with E-state index in [2.05, 4.69) is 5.32 Å².